The van der Waals surface area contributed by atoms with Crippen molar-refractivity contribution in [1.29, 1.82) is 0 Å². The molecule has 0 fully saturated rings. The Morgan fingerprint density at radius 2 is 1.79 bits per heavy atom. The largest absolute Gasteiger partial charge is 0.480 e. The van der Waals surface area contributed by atoms with Crippen molar-refractivity contribution in [3.8, 4) is 0 Å². The molecule has 84 valence electrons. The second kappa shape index (κ2) is 5.35. The topological polar surface area (TPSA) is 49.3 Å². The minimum absolute atomic E-state index is 0.0622. The number of nitrogens with one attached hydrogen (secondary N) is 1. The molecular weight excluding hydrogens is 178 g/mol. The summed E-state index contributed by atoms with van der Waals surface area (Å²) < 4.78 is 0. The molecule has 0 aromatic carbocycles. The number of hydrogen-bond acceptors (Lipinski definition) is 2. The fraction of sp³-hybridized carbons (Fsp3) is 0.909. The molecule has 0 aliphatic heterocycles. The zero-order valence-corrected chi connectivity index (χ0v) is 9.92. The summed E-state index contributed by atoms with van der Waals surface area (Å²) in [5.74, 6) is -0.641. The second-order valence-corrected chi connectivity index (χ2v) is 4.47. The number of aliphatic carboxylic acids is 1. The molecule has 1 unspecified atom stereocenters. The van der Waals surface area contributed by atoms with Crippen LogP contribution in [0.4, 0.5) is 0 Å². The molecule has 14 heavy (non-hydrogen) atoms. The van der Waals surface area contributed by atoms with Crippen molar-refractivity contribution in [1.82, 2.24) is 5.32 Å². The molecule has 0 rings (SSSR count). The van der Waals surface area contributed by atoms with Gasteiger partial charge in [0.15, 0.2) is 0 Å². The Morgan fingerprint density at radius 3 is 2.00 bits per heavy atom. The van der Waals surface area contributed by atoms with Gasteiger partial charge in [0, 0.05) is 5.54 Å². The molecule has 0 amide bonds. The van der Waals surface area contributed by atoms with E-state index in [-0.39, 0.29) is 11.5 Å². The van der Waals surface area contributed by atoms with Gasteiger partial charge in [0.2, 0.25) is 0 Å². The van der Waals surface area contributed by atoms with E-state index in [1.165, 1.54) is 0 Å². The van der Waals surface area contributed by atoms with Crippen LogP contribution in [0.5, 0.6) is 0 Å². The standard InChI is InChI=1S/C11H23NO2/c1-6-11(5,7-2)12-9(8(3)4)10(13)14/h8-9,12H,6-7H2,1-5H3,(H,13,14). The Morgan fingerprint density at radius 1 is 1.36 bits per heavy atom. The Balaban J connectivity index is 4.50. The normalized spacial score (nSPS) is 14.4. The number of hydrogen-bond donors (Lipinski definition) is 2. The first kappa shape index (κ1) is 13.4. The van der Waals surface area contributed by atoms with Crippen LogP contribution in [-0.4, -0.2) is 22.7 Å². The number of carboxylic acid groups (broad SMARTS) is 1. The van der Waals surface area contributed by atoms with Crippen molar-refractivity contribution in [2.24, 2.45) is 5.92 Å². The van der Waals surface area contributed by atoms with Gasteiger partial charge < -0.3 is 5.11 Å². The lowest BCUT2D eigenvalue weighted by molar-refractivity contribution is -0.141. The van der Waals surface area contributed by atoms with Gasteiger partial charge in [0.1, 0.15) is 6.04 Å². The van der Waals surface area contributed by atoms with Crippen molar-refractivity contribution in [2.45, 2.75) is 59.0 Å². The van der Waals surface area contributed by atoms with Crippen LogP contribution in [0.3, 0.4) is 0 Å². The van der Waals surface area contributed by atoms with Gasteiger partial charge in [-0.1, -0.05) is 27.7 Å². The Hall–Kier alpha value is -0.570. The molecule has 0 aliphatic carbocycles. The molecule has 0 bridgehead atoms. The van der Waals surface area contributed by atoms with Crippen molar-refractivity contribution >= 4 is 5.97 Å². The first-order valence-corrected chi connectivity index (χ1v) is 5.36. The predicted molar refractivity (Wildman–Crippen MR) is 58.4 cm³/mol. The van der Waals surface area contributed by atoms with Crippen molar-refractivity contribution in [3.63, 3.8) is 0 Å². The van der Waals surface area contributed by atoms with Crippen LogP contribution in [0.2, 0.25) is 0 Å². The Labute approximate surface area is 86.9 Å². The summed E-state index contributed by atoms with van der Waals surface area (Å²) in [4.78, 5) is 11.0. The van der Waals surface area contributed by atoms with Crippen molar-refractivity contribution < 1.29 is 9.90 Å². The molecule has 3 heteroatoms. The van der Waals surface area contributed by atoms with Crippen LogP contribution in [0.25, 0.3) is 0 Å². The highest BCUT2D eigenvalue weighted by Crippen LogP contribution is 2.17. The zero-order chi connectivity index (χ0) is 11.4. The maximum absolute atomic E-state index is 11.0. The highest BCUT2D eigenvalue weighted by molar-refractivity contribution is 5.73. The first-order chi connectivity index (χ1) is 6.36. The number of carboxylic acids is 1. The fourth-order valence-corrected chi connectivity index (χ4v) is 1.34. The van der Waals surface area contributed by atoms with Crippen molar-refractivity contribution in [3.05, 3.63) is 0 Å². The van der Waals surface area contributed by atoms with E-state index >= 15 is 0 Å². The first-order valence-electron chi connectivity index (χ1n) is 5.36. The predicted octanol–water partition coefficient (Wildman–Crippen LogP) is 2.26. The van der Waals surface area contributed by atoms with Crippen LogP contribution in [0, 0.1) is 5.92 Å². The molecule has 2 N–H and O–H groups in total. The Kier molecular flexibility index (Phi) is 5.13. The SMILES string of the molecule is CCC(C)(CC)NC(C(=O)O)C(C)C. The average molecular weight is 201 g/mol. The third-order valence-corrected chi connectivity index (χ3v) is 3.00. The summed E-state index contributed by atoms with van der Waals surface area (Å²) in [5, 5.41) is 12.3. The third-order valence-electron chi connectivity index (χ3n) is 3.00. The molecule has 0 aliphatic rings. The van der Waals surface area contributed by atoms with Gasteiger partial charge in [-0.25, -0.2) is 0 Å². The van der Waals surface area contributed by atoms with E-state index in [0.717, 1.165) is 12.8 Å². The minimum atomic E-state index is -0.756. The van der Waals surface area contributed by atoms with Crippen LogP contribution >= 0.6 is 0 Å². The molecule has 0 saturated carbocycles. The summed E-state index contributed by atoms with van der Waals surface area (Å²) in [6, 6.07) is -0.445. The average Bonchev–Trinajstić information content (AvgIpc) is 2.13. The van der Waals surface area contributed by atoms with E-state index in [0.29, 0.717) is 0 Å². The summed E-state index contributed by atoms with van der Waals surface area (Å²) in [7, 11) is 0. The molecule has 0 aromatic heterocycles. The minimum Gasteiger partial charge on any atom is -0.480 e. The maximum Gasteiger partial charge on any atom is 0.320 e. The van der Waals surface area contributed by atoms with Gasteiger partial charge in [-0.2, -0.15) is 0 Å². The lowest BCUT2D eigenvalue weighted by atomic mass is 9.92. The molecule has 0 saturated heterocycles. The summed E-state index contributed by atoms with van der Waals surface area (Å²) >= 11 is 0. The van der Waals surface area contributed by atoms with E-state index in [4.69, 9.17) is 5.11 Å². The fourth-order valence-electron chi connectivity index (χ4n) is 1.34. The molecule has 0 radical (unpaired) electrons. The smallest absolute Gasteiger partial charge is 0.320 e. The van der Waals surface area contributed by atoms with Gasteiger partial charge in [0.25, 0.3) is 0 Å². The van der Waals surface area contributed by atoms with E-state index in [2.05, 4.69) is 26.1 Å². The molecule has 0 spiro atoms. The summed E-state index contributed by atoms with van der Waals surface area (Å²) in [6.45, 7) is 10.1. The number of carbonyl (C=O) groups is 1. The lowest BCUT2D eigenvalue weighted by Crippen LogP contribution is -2.52. The van der Waals surface area contributed by atoms with Gasteiger partial charge >= 0.3 is 5.97 Å². The van der Waals surface area contributed by atoms with E-state index in [1.807, 2.05) is 13.8 Å². The Bertz CT molecular complexity index is 186. The van der Waals surface area contributed by atoms with Crippen LogP contribution < -0.4 is 5.32 Å². The summed E-state index contributed by atoms with van der Waals surface area (Å²) in [5.41, 5.74) is -0.0622. The lowest BCUT2D eigenvalue weighted by Gasteiger charge is -2.33. The molecule has 3 nitrogen and oxygen atoms in total. The van der Waals surface area contributed by atoms with Gasteiger partial charge in [0.05, 0.1) is 0 Å². The van der Waals surface area contributed by atoms with Crippen molar-refractivity contribution in [2.75, 3.05) is 0 Å². The molecule has 0 aromatic rings. The monoisotopic (exact) mass is 201 g/mol. The maximum atomic E-state index is 11.0. The van der Waals surface area contributed by atoms with Crippen LogP contribution in [0.1, 0.15) is 47.5 Å². The highest BCUT2D eigenvalue weighted by atomic mass is 16.4. The molecular formula is C11H23NO2. The third kappa shape index (κ3) is 3.66. The van der Waals surface area contributed by atoms with Gasteiger partial charge in [-0.05, 0) is 25.7 Å². The van der Waals surface area contributed by atoms with E-state index in [1.54, 1.807) is 0 Å². The second-order valence-electron chi connectivity index (χ2n) is 4.47. The molecule has 1 atom stereocenters. The quantitative estimate of drug-likeness (QED) is 0.693. The summed E-state index contributed by atoms with van der Waals surface area (Å²) in [6.07, 6.45) is 1.89. The van der Waals surface area contributed by atoms with E-state index in [9.17, 15) is 4.79 Å². The highest BCUT2D eigenvalue weighted by Gasteiger charge is 2.29. The van der Waals surface area contributed by atoms with Crippen LogP contribution in [-0.2, 0) is 4.79 Å². The number of rotatable bonds is 6. The van der Waals surface area contributed by atoms with E-state index < -0.39 is 12.0 Å². The molecule has 0 heterocycles. The van der Waals surface area contributed by atoms with Gasteiger partial charge in [-0.15, -0.1) is 0 Å². The zero-order valence-electron chi connectivity index (χ0n) is 9.92. The van der Waals surface area contributed by atoms with Crippen LogP contribution in [0.15, 0.2) is 0 Å². The van der Waals surface area contributed by atoms with Gasteiger partial charge in [-0.3, -0.25) is 10.1 Å².